The number of hydrogen-bond donors (Lipinski definition) is 2. The fraction of sp³-hybridized carbons (Fsp3) is 0.0952. The Kier molecular flexibility index (Phi) is 5.91. The molecule has 0 unspecified atom stereocenters. The van der Waals surface area contributed by atoms with Gasteiger partial charge in [0.25, 0.3) is 5.91 Å². The van der Waals surface area contributed by atoms with Crippen molar-refractivity contribution < 1.29 is 14.3 Å². The van der Waals surface area contributed by atoms with Crippen molar-refractivity contribution in [3.05, 3.63) is 82.6 Å². The fourth-order valence-electron chi connectivity index (χ4n) is 2.54. The second-order valence-electron chi connectivity index (χ2n) is 6.00. The van der Waals surface area contributed by atoms with Crippen LogP contribution in [-0.2, 0) is 4.74 Å². The van der Waals surface area contributed by atoms with E-state index in [0.29, 0.717) is 16.3 Å². The summed E-state index contributed by atoms with van der Waals surface area (Å²) in [5.41, 5.74) is 3.60. The van der Waals surface area contributed by atoms with Crippen LogP contribution in [0.15, 0.2) is 60.8 Å². The molecule has 1 heterocycles. The maximum absolute atomic E-state index is 12.4. The lowest BCUT2D eigenvalue weighted by Crippen LogP contribution is -2.14. The lowest BCUT2D eigenvalue weighted by atomic mass is 10.2. The van der Waals surface area contributed by atoms with Gasteiger partial charge in [-0.05, 0) is 55.0 Å². The maximum atomic E-state index is 12.4. The van der Waals surface area contributed by atoms with E-state index in [0.717, 1.165) is 16.9 Å². The third-order valence-electron chi connectivity index (χ3n) is 4.08. The minimum Gasteiger partial charge on any atom is -0.465 e. The van der Waals surface area contributed by atoms with Gasteiger partial charge in [-0.25, -0.2) is 9.78 Å². The van der Waals surface area contributed by atoms with Gasteiger partial charge in [0.05, 0.1) is 24.6 Å². The zero-order valence-electron chi connectivity index (χ0n) is 15.3. The number of amides is 1. The normalized spacial score (nSPS) is 10.2. The first-order chi connectivity index (χ1) is 13.5. The lowest BCUT2D eigenvalue weighted by molar-refractivity contribution is 0.0600. The summed E-state index contributed by atoms with van der Waals surface area (Å²) in [5.74, 6) is -0.853. The molecule has 3 rings (SSSR count). The van der Waals surface area contributed by atoms with Crippen LogP contribution >= 0.6 is 11.6 Å². The number of aromatic nitrogens is 1. The zero-order chi connectivity index (χ0) is 20.1. The Labute approximate surface area is 167 Å². The van der Waals surface area contributed by atoms with E-state index in [2.05, 4.69) is 20.4 Å². The van der Waals surface area contributed by atoms with Crippen molar-refractivity contribution in [2.75, 3.05) is 17.7 Å². The molecule has 0 radical (unpaired) electrons. The van der Waals surface area contributed by atoms with Gasteiger partial charge in [0.1, 0.15) is 5.69 Å². The Morgan fingerprint density at radius 2 is 1.82 bits per heavy atom. The number of nitrogens with zero attached hydrogens (tertiary/aromatic N) is 1. The number of rotatable bonds is 5. The van der Waals surface area contributed by atoms with Gasteiger partial charge in [-0.1, -0.05) is 23.7 Å². The zero-order valence-corrected chi connectivity index (χ0v) is 16.1. The summed E-state index contributed by atoms with van der Waals surface area (Å²) in [5, 5.41) is 6.61. The SMILES string of the molecule is COC(=O)c1cccc(NC(=O)c2ccc(Nc3cccc(Cl)c3C)cn2)c1. The number of benzene rings is 2. The Balaban J connectivity index is 1.70. The van der Waals surface area contributed by atoms with E-state index in [4.69, 9.17) is 11.6 Å². The van der Waals surface area contributed by atoms with Gasteiger partial charge in [0, 0.05) is 16.4 Å². The molecule has 2 aromatic carbocycles. The van der Waals surface area contributed by atoms with Crippen molar-refractivity contribution in [3.8, 4) is 0 Å². The van der Waals surface area contributed by atoms with Crippen molar-refractivity contribution in [2.45, 2.75) is 6.92 Å². The largest absolute Gasteiger partial charge is 0.465 e. The summed E-state index contributed by atoms with van der Waals surface area (Å²) in [6, 6.07) is 15.5. The van der Waals surface area contributed by atoms with Crippen LogP contribution in [0.25, 0.3) is 0 Å². The van der Waals surface area contributed by atoms with Gasteiger partial charge < -0.3 is 15.4 Å². The summed E-state index contributed by atoms with van der Waals surface area (Å²) < 4.78 is 4.68. The van der Waals surface area contributed by atoms with Crippen molar-refractivity contribution in [1.82, 2.24) is 4.98 Å². The fourth-order valence-corrected chi connectivity index (χ4v) is 2.71. The molecule has 0 spiro atoms. The molecule has 1 aromatic heterocycles. The lowest BCUT2D eigenvalue weighted by Gasteiger charge is -2.11. The second kappa shape index (κ2) is 8.54. The Hall–Kier alpha value is -3.38. The van der Waals surface area contributed by atoms with Crippen molar-refractivity contribution in [3.63, 3.8) is 0 Å². The Bertz CT molecular complexity index is 1020. The van der Waals surface area contributed by atoms with Gasteiger partial charge in [0.2, 0.25) is 0 Å². The molecule has 0 aliphatic carbocycles. The quantitative estimate of drug-likeness (QED) is 0.605. The molecule has 0 fully saturated rings. The van der Waals surface area contributed by atoms with Crippen molar-refractivity contribution in [1.29, 1.82) is 0 Å². The molecule has 2 N–H and O–H groups in total. The minimum absolute atomic E-state index is 0.247. The first kappa shape index (κ1) is 19.4. The van der Waals surface area contributed by atoms with Crippen LogP contribution in [0.5, 0.6) is 0 Å². The first-order valence-corrected chi connectivity index (χ1v) is 8.83. The molecule has 0 aliphatic rings. The highest BCUT2D eigenvalue weighted by Gasteiger charge is 2.11. The number of ether oxygens (including phenoxy) is 1. The second-order valence-corrected chi connectivity index (χ2v) is 6.40. The van der Waals surface area contributed by atoms with E-state index < -0.39 is 5.97 Å². The molecular weight excluding hydrogens is 378 g/mol. The molecule has 28 heavy (non-hydrogen) atoms. The van der Waals surface area contributed by atoms with Crippen LogP contribution in [0.1, 0.15) is 26.4 Å². The monoisotopic (exact) mass is 395 g/mol. The number of hydrogen-bond acceptors (Lipinski definition) is 5. The first-order valence-electron chi connectivity index (χ1n) is 8.46. The topological polar surface area (TPSA) is 80.3 Å². The number of carbonyl (C=O) groups excluding carboxylic acids is 2. The summed E-state index contributed by atoms with van der Waals surface area (Å²) in [4.78, 5) is 28.2. The van der Waals surface area contributed by atoms with Crippen molar-refractivity contribution >= 4 is 40.5 Å². The predicted molar refractivity (Wildman–Crippen MR) is 109 cm³/mol. The summed E-state index contributed by atoms with van der Waals surface area (Å²) in [7, 11) is 1.30. The third-order valence-corrected chi connectivity index (χ3v) is 4.49. The smallest absolute Gasteiger partial charge is 0.337 e. The number of pyridine rings is 1. The van der Waals surface area contributed by atoms with E-state index in [9.17, 15) is 9.59 Å². The van der Waals surface area contributed by atoms with E-state index in [-0.39, 0.29) is 11.6 Å². The van der Waals surface area contributed by atoms with E-state index >= 15 is 0 Å². The Morgan fingerprint density at radius 1 is 1.04 bits per heavy atom. The maximum Gasteiger partial charge on any atom is 0.337 e. The van der Waals surface area contributed by atoms with Crippen LogP contribution in [0.3, 0.4) is 0 Å². The highest BCUT2D eigenvalue weighted by Crippen LogP contribution is 2.26. The summed E-state index contributed by atoms with van der Waals surface area (Å²) >= 11 is 6.13. The van der Waals surface area contributed by atoms with Gasteiger partial charge in [0.15, 0.2) is 0 Å². The molecule has 0 aliphatic heterocycles. The number of nitrogens with one attached hydrogen (secondary N) is 2. The molecule has 7 heteroatoms. The minimum atomic E-state index is -0.471. The predicted octanol–water partition coefficient (Wildman–Crippen LogP) is 4.83. The van der Waals surface area contributed by atoms with Gasteiger partial charge in [-0.3, -0.25) is 4.79 Å². The van der Waals surface area contributed by atoms with Crippen molar-refractivity contribution in [2.24, 2.45) is 0 Å². The summed E-state index contributed by atoms with van der Waals surface area (Å²) in [6.07, 6.45) is 1.57. The number of esters is 1. The van der Waals surface area contributed by atoms with Crippen LogP contribution in [-0.4, -0.2) is 24.0 Å². The molecule has 0 bridgehead atoms. The molecular formula is C21H18ClN3O3. The average Bonchev–Trinajstić information content (AvgIpc) is 2.71. The highest BCUT2D eigenvalue weighted by molar-refractivity contribution is 6.31. The van der Waals surface area contributed by atoms with Crippen LogP contribution in [0.4, 0.5) is 17.1 Å². The molecule has 0 saturated carbocycles. The summed E-state index contributed by atoms with van der Waals surface area (Å²) in [6.45, 7) is 1.92. The highest BCUT2D eigenvalue weighted by atomic mass is 35.5. The van der Waals surface area contributed by atoms with Gasteiger partial charge >= 0.3 is 5.97 Å². The third kappa shape index (κ3) is 4.47. The molecule has 6 nitrogen and oxygen atoms in total. The molecule has 0 atom stereocenters. The molecule has 0 saturated heterocycles. The van der Waals surface area contributed by atoms with E-state index in [1.165, 1.54) is 7.11 Å². The number of methoxy groups -OCH3 is 1. The standard InChI is InChI=1S/C21H18ClN3O3/c1-13-17(22)7-4-8-18(13)24-16-9-10-19(23-12-16)20(26)25-15-6-3-5-14(11-15)21(27)28-2/h3-12,24H,1-2H3,(H,25,26). The number of halogens is 1. The van der Waals surface area contributed by atoms with Gasteiger partial charge in [-0.2, -0.15) is 0 Å². The van der Waals surface area contributed by atoms with Crippen LogP contribution < -0.4 is 10.6 Å². The molecule has 3 aromatic rings. The van der Waals surface area contributed by atoms with E-state index in [1.807, 2.05) is 25.1 Å². The number of anilines is 3. The molecule has 1 amide bonds. The van der Waals surface area contributed by atoms with Crippen LogP contribution in [0, 0.1) is 6.92 Å². The number of carbonyl (C=O) groups is 2. The van der Waals surface area contributed by atoms with E-state index in [1.54, 1.807) is 42.6 Å². The Morgan fingerprint density at radius 3 is 2.54 bits per heavy atom. The molecule has 142 valence electrons. The van der Waals surface area contributed by atoms with Crippen LogP contribution in [0.2, 0.25) is 5.02 Å². The van der Waals surface area contributed by atoms with Gasteiger partial charge in [-0.15, -0.1) is 0 Å². The average molecular weight is 396 g/mol.